The number of amides is 2. The molecule has 28 heavy (non-hydrogen) atoms. The standard InChI is InChI=1S/C20H22N2O4S2/c1-25-15-8-5-12(10-16(15)26-2)19(24)22-14(18(23)21-13-6-7-13)11-28-20(22)17-4-3-9-27-17/h3-5,8-10,13-14,20H,6-7,11H2,1-2H3,(H,21,23). The second-order valence-corrected chi connectivity index (χ2v) is 8.87. The van der Waals surface area contributed by atoms with Crippen LogP contribution in [0.4, 0.5) is 0 Å². The molecular formula is C20H22N2O4S2. The van der Waals surface area contributed by atoms with Gasteiger partial charge in [0, 0.05) is 22.2 Å². The van der Waals surface area contributed by atoms with Gasteiger partial charge in [-0.15, -0.1) is 23.1 Å². The Morgan fingerprint density at radius 3 is 2.57 bits per heavy atom. The molecule has 6 nitrogen and oxygen atoms in total. The van der Waals surface area contributed by atoms with E-state index < -0.39 is 6.04 Å². The first-order valence-corrected chi connectivity index (χ1v) is 11.0. The topological polar surface area (TPSA) is 67.9 Å². The van der Waals surface area contributed by atoms with E-state index in [1.807, 2.05) is 17.5 Å². The van der Waals surface area contributed by atoms with Gasteiger partial charge in [-0.3, -0.25) is 9.59 Å². The molecule has 2 heterocycles. The van der Waals surface area contributed by atoms with Crippen molar-refractivity contribution in [3.63, 3.8) is 0 Å². The predicted molar refractivity (Wildman–Crippen MR) is 110 cm³/mol. The van der Waals surface area contributed by atoms with Crippen LogP contribution < -0.4 is 14.8 Å². The maximum Gasteiger partial charge on any atom is 0.255 e. The van der Waals surface area contributed by atoms with Gasteiger partial charge in [-0.2, -0.15) is 0 Å². The Hall–Kier alpha value is -2.19. The molecule has 0 radical (unpaired) electrons. The monoisotopic (exact) mass is 418 g/mol. The second kappa shape index (κ2) is 8.05. The zero-order valence-electron chi connectivity index (χ0n) is 15.7. The van der Waals surface area contributed by atoms with E-state index in [-0.39, 0.29) is 23.2 Å². The van der Waals surface area contributed by atoms with Crippen molar-refractivity contribution in [3.05, 3.63) is 46.2 Å². The SMILES string of the molecule is COc1ccc(C(=O)N2C(C(=O)NC3CC3)CSC2c2cccs2)cc1OC. The van der Waals surface area contributed by atoms with E-state index in [2.05, 4.69) is 5.32 Å². The summed E-state index contributed by atoms with van der Waals surface area (Å²) < 4.78 is 10.6. The van der Waals surface area contributed by atoms with Gasteiger partial charge in [-0.05, 0) is 42.5 Å². The number of hydrogen-bond acceptors (Lipinski definition) is 6. The second-order valence-electron chi connectivity index (χ2n) is 6.78. The number of carbonyl (C=O) groups excluding carboxylic acids is 2. The van der Waals surface area contributed by atoms with Crippen molar-refractivity contribution in [1.82, 2.24) is 10.2 Å². The molecule has 2 atom stereocenters. The summed E-state index contributed by atoms with van der Waals surface area (Å²) in [5.74, 6) is 1.39. The third-order valence-corrected chi connectivity index (χ3v) is 7.26. The molecule has 0 spiro atoms. The number of carbonyl (C=O) groups is 2. The Bertz CT molecular complexity index is 867. The molecular weight excluding hydrogens is 396 g/mol. The number of nitrogens with one attached hydrogen (secondary N) is 1. The number of thiophene rings is 1. The van der Waals surface area contributed by atoms with Gasteiger partial charge in [0.25, 0.3) is 5.91 Å². The number of rotatable bonds is 6. The van der Waals surface area contributed by atoms with Crippen molar-refractivity contribution >= 4 is 34.9 Å². The number of ether oxygens (including phenoxy) is 2. The molecule has 1 saturated carbocycles. The van der Waals surface area contributed by atoms with Crippen molar-refractivity contribution in [3.8, 4) is 11.5 Å². The lowest BCUT2D eigenvalue weighted by atomic mass is 10.1. The molecule has 1 aromatic heterocycles. The molecule has 148 valence electrons. The minimum absolute atomic E-state index is 0.0668. The molecule has 1 aliphatic carbocycles. The Morgan fingerprint density at radius 1 is 1.14 bits per heavy atom. The summed E-state index contributed by atoms with van der Waals surface area (Å²) in [7, 11) is 3.10. The van der Waals surface area contributed by atoms with Crippen molar-refractivity contribution < 1.29 is 19.1 Å². The Morgan fingerprint density at radius 2 is 1.93 bits per heavy atom. The first-order chi connectivity index (χ1) is 13.6. The summed E-state index contributed by atoms with van der Waals surface area (Å²) in [5, 5.41) is 4.87. The van der Waals surface area contributed by atoms with Gasteiger partial charge in [0.2, 0.25) is 5.91 Å². The van der Waals surface area contributed by atoms with Gasteiger partial charge >= 0.3 is 0 Å². The van der Waals surface area contributed by atoms with E-state index in [1.54, 1.807) is 53.3 Å². The summed E-state index contributed by atoms with van der Waals surface area (Å²) in [6, 6.07) is 8.86. The first-order valence-electron chi connectivity index (χ1n) is 9.12. The van der Waals surface area contributed by atoms with Crippen LogP contribution in [0.3, 0.4) is 0 Å². The molecule has 1 aromatic carbocycles. The fraction of sp³-hybridized carbons (Fsp3) is 0.400. The largest absolute Gasteiger partial charge is 0.493 e. The van der Waals surface area contributed by atoms with Crippen LogP contribution >= 0.6 is 23.1 Å². The highest BCUT2D eigenvalue weighted by Gasteiger charge is 2.44. The summed E-state index contributed by atoms with van der Waals surface area (Å²) in [4.78, 5) is 29.1. The molecule has 1 saturated heterocycles. The quantitative estimate of drug-likeness (QED) is 0.780. The van der Waals surface area contributed by atoms with Crippen LogP contribution in [0.15, 0.2) is 35.7 Å². The number of benzene rings is 1. The molecule has 1 aliphatic heterocycles. The molecule has 2 aliphatic rings. The van der Waals surface area contributed by atoms with Gasteiger partial charge in [-0.25, -0.2) is 0 Å². The highest BCUT2D eigenvalue weighted by molar-refractivity contribution is 7.99. The smallest absolute Gasteiger partial charge is 0.255 e. The summed E-state index contributed by atoms with van der Waals surface area (Å²) >= 11 is 3.23. The zero-order valence-corrected chi connectivity index (χ0v) is 17.3. The van der Waals surface area contributed by atoms with Crippen LogP contribution in [0.1, 0.15) is 33.5 Å². The minimum atomic E-state index is -0.488. The number of nitrogens with zero attached hydrogens (tertiary/aromatic N) is 1. The third-order valence-electron chi connectivity index (χ3n) is 4.88. The highest BCUT2D eigenvalue weighted by Crippen LogP contribution is 2.44. The molecule has 0 bridgehead atoms. The van der Waals surface area contributed by atoms with Crippen LogP contribution in [0.2, 0.25) is 0 Å². The van der Waals surface area contributed by atoms with E-state index >= 15 is 0 Å². The molecule has 2 fully saturated rings. The van der Waals surface area contributed by atoms with E-state index in [0.717, 1.165) is 17.7 Å². The normalized spacial score (nSPS) is 21.4. The lowest BCUT2D eigenvalue weighted by Crippen LogP contribution is -2.48. The van der Waals surface area contributed by atoms with E-state index in [9.17, 15) is 9.59 Å². The first kappa shape index (κ1) is 19.1. The van der Waals surface area contributed by atoms with Crippen molar-refractivity contribution in [1.29, 1.82) is 0 Å². The van der Waals surface area contributed by atoms with Crippen LogP contribution in [-0.2, 0) is 4.79 Å². The van der Waals surface area contributed by atoms with E-state index in [1.165, 1.54) is 7.11 Å². The molecule has 8 heteroatoms. The highest BCUT2D eigenvalue weighted by atomic mass is 32.2. The maximum atomic E-state index is 13.5. The number of thioether (sulfide) groups is 1. The average molecular weight is 419 g/mol. The summed E-state index contributed by atoms with van der Waals surface area (Å²) in [6.07, 6.45) is 2.03. The Kier molecular flexibility index (Phi) is 5.50. The van der Waals surface area contributed by atoms with Crippen LogP contribution in [-0.4, -0.2) is 48.8 Å². The van der Waals surface area contributed by atoms with Crippen molar-refractivity contribution in [2.75, 3.05) is 20.0 Å². The predicted octanol–water partition coefficient (Wildman–Crippen LogP) is 3.30. The Balaban J connectivity index is 1.66. The summed E-state index contributed by atoms with van der Waals surface area (Å²) in [5.41, 5.74) is 0.478. The maximum absolute atomic E-state index is 13.5. The van der Waals surface area contributed by atoms with Gasteiger partial charge in [-0.1, -0.05) is 6.07 Å². The van der Waals surface area contributed by atoms with Gasteiger partial charge < -0.3 is 19.7 Å². The zero-order chi connectivity index (χ0) is 19.7. The van der Waals surface area contributed by atoms with Crippen molar-refractivity contribution in [2.24, 2.45) is 0 Å². The van der Waals surface area contributed by atoms with E-state index in [4.69, 9.17) is 9.47 Å². The number of hydrogen-bond donors (Lipinski definition) is 1. The summed E-state index contributed by atoms with van der Waals surface area (Å²) in [6.45, 7) is 0. The average Bonchev–Trinajstić information content (AvgIpc) is 3.20. The molecule has 4 rings (SSSR count). The van der Waals surface area contributed by atoms with Crippen LogP contribution in [0.5, 0.6) is 11.5 Å². The third kappa shape index (κ3) is 3.71. The Labute approximate surface area is 172 Å². The van der Waals surface area contributed by atoms with Crippen molar-refractivity contribution in [2.45, 2.75) is 30.3 Å². The fourth-order valence-electron chi connectivity index (χ4n) is 3.25. The number of methoxy groups -OCH3 is 2. The molecule has 2 amide bonds. The van der Waals surface area contributed by atoms with Crippen LogP contribution in [0, 0.1) is 0 Å². The molecule has 1 N–H and O–H groups in total. The lowest BCUT2D eigenvalue weighted by Gasteiger charge is -2.28. The van der Waals surface area contributed by atoms with Gasteiger partial charge in [0.05, 0.1) is 14.2 Å². The fourth-order valence-corrected chi connectivity index (χ4v) is 5.65. The van der Waals surface area contributed by atoms with E-state index in [0.29, 0.717) is 22.8 Å². The van der Waals surface area contributed by atoms with Crippen LogP contribution in [0.25, 0.3) is 0 Å². The van der Waals surface area contributed by atoms with Gasteiger partial charge in [0.15, 0.2) is 11.5 Å². The van der Waals surface area contributed by atoms with Gasteiger partial charge in [0.1, 0.15) is 11.4 Å². The molecule has 2 aromatic rings. The minimum Gasteiger partial charge on any atom is -0.493 e. The lowest BCUT2D eigenvalue weighted by molar-refractivity contribution is -0.125. The molecule has 2 unspecified atom stereocenters.